The minimum Gasteiger partial charge on any atom is -0.493 e. The number of aliphatic hydroxyl groups excluding tert-OH is 8. The molecule has 0 spiro atoms. The Morgan fingerprint density at radius 3 is 0.975 bits per heavy atom. The highest BCUT2D eigenvalue weighted by Gasteiger charge is 2.53. The number of hydrogen-bond donors (Lipinski definition) is 12. The molecule has 0 bridgehead atoms. The van der Waals surface area contributed by atoms with Crippen LogP contribution in [0.1, 0.15) is 85.7 Å². The van der Waals surface area contributed by atoms with E-state index in [1.165, 1.54) is 63.9 Å². The van der Waals surface area contributed by atoms with Crippen LogP contribution < -0.4 is 45.0 Å². The van der Waals surface area contributed by atoms with Crippen molar-refractivity contribution in [1.29, 1.82) is 0 Å². The normalized spacial score (nSPS) is 29.0. The number of methoxy groups -OCH3 is 1. The summed E-state index contributed by atoms with van der Waals surface area (Å²) in [6, 6.07) is 26.9. The van der Waals surface area contributed by atoms with Crippen molar-refractivity contribution in [3.8, 4) is 28.7 Å². The van der Waals surface area contributed by atoms with Crippen LogP contribution in [0.2, 0.25) is 5.02 Å². The van der Waals surface area contributed by atoms with Gasteiger partial charge in [0, 0.05) is 26.2 Å². The predicted molar refractivity (Wildman–Crippen MR) is 459 cm³/mol. The maximum Gasteiger partial charge on any atom is 0.165 e. The number of aliphatic hydroxyl groups is 8. The van der Waals surface area contributed by atoms with Crippen molar-refractivity contribution in [2.45, 2.75) is 236 Å². The fourth-order valence-electron chi connectivity index (χ4n) is 13.3. The van der Waals surface area contributed by atoms with Gasteiger partial charge in [0.15, 0.2) is 43.7 Å². The number of para-hydroxylation sites is 5. The summed E-state index contributed by atoms with van der Waals surface area (Å²) >= 11 is 11.7. The van der Waals surface area contributed by atoms with Crippen LogP contribution in [0, 0.1) is 12.7 Å². The third-order valence-corrected chi connectivity index (χ3v) is 24.0. The number of benzene rings is 4. The van der Waals surface area contributed by atoms with Crippen molar-refractivity contribution < 1.29 is 87.9 Å². The molecule has 0 amide bonds. The molecule has 0 unspecified atom stereocenters. The van der Waals surface area contributed by atoms with Gasteiger partial charge in [-0.05, 0) is 82.6 Å². The summed E-state index contributed by atoms with van der Waals surface area (Å²) in [7, 11) is 1.59. The lowest BCUT2D eigenvalue weighted by atomic mass is 9.98. The predicted octanol–water partition coefficient (Wildman–Crippen LogP) is 5.19. The second kappa shape index (κ2) is 45.7. The molecule has 8 aromatic rings. The van der Waals surface area contributed by atoms with E-state index in [2.05, 4.69) is 82.5 Å². The maximum atomic E-state index is 13.6. The Kier molecular flexibility index (Phi) is 36.4. The van der Waals surface area contributed by atoms with Crippen LogP contribution in [-0.4, -0.2) is 274 Å². The zero-order valence-electron chi connectivity index (χ0n) is 64.4. The van der Waals surface area contributed by atoms with Crippen molar-refractivity contribution in [1.82, 2.24) is 81.2 Å². The van der Waals surface area contributed by atoms with Crippen LogP contribution in [0.3, 0.4) is 0 Å². The molecule has 8 aliphatic heterocycles. The Bertz CT molecular complexity index is 4340. The van der Waals surface area contributed by atoms with Crippen LogP contribution in [0.4, 0.5) is 4.39 Å². The van der Waals surface area contributed by atoms with Crippen LogP contribution in [0.15, 0.2) is 142 Å². The number of nitrogens with zero attached hydrogens (tertiary/aromatic N) is 16. The first-order valence-electron chi connectivity index (χ1n) is 38.0. The SMILES string of the molecule is C.C.C.C.CCN=C1N[C@@H]2[C@@H](O)[C@H](O)[C@@H](Cn3cc(COc4ccccc4C)nn3)O[C@@H]2S1.CCN=C1N[C@@H]2[C@@H](O)[C@H](O)[C@@H](Cn3cc(COc4ccccc4Cl)nn3)O[C@@H]2S1.CCN=C1N[C@@H]2[C@@H](O)[C@H](O)[C@@H](Cn3cc(COc4ccccc4F)nn3)O[C@@H]2S1.CCN=C1N[C@@H]2[C@@H](O)[C@H](O)[C@@H](Cn3cc(COc4ccccc4OC)nn3)O[C@@H]2S1. The standard InChI is InChI=1S/C19H25N5O5S.C19H25N5O4S.C18H22ClN5O4S.C18H22FN5O4S.4CH4/c1-3-20-19-21-15-17(26)16(25)14(29-18(15)30-19)9-24-8-11(22-23-24)10-28-13-7-5-4-6-12(13)27-2;1-3-20-19-21-15-17(26)16(25)14(28-18(15)29-19)9-24-8-12(22-23-24)10-27-13-7-5-4-6-11(13)2;2*1-2-20-18-21-14-16(26)15(25)13(28-17(14)29-18)8-24-7-10(22-23-24)9-27-12-6-4-3-5-11(12)19;;;;/h4-8,14-18,25-26H,3,9-10H2,1-2H3,(H,20,21);4-8,14-18,25-26H,3,9-10H2,1-2H3,(H,20,21);2*3-7,13-17,25-26H,2,8-9H2,1H3,(H,20,21);4*1H4/t2*14-,15-,16-,17-,18-;2*13-,14-,15-,16-,17-;;;;/m1111..../s1. The molecular weight excluding hydrogens is 1670 g/mol. The molecule has 662 valence electrons. The summed E-state index contributed by atoms with van der Waals surface area (Å²) in [4.78, 5) is 17.3. The minimum absolute atomic E-state index is 0. The van der Waals surface area contributed by atoms with Crippen LogP contribution in [0.5, 0.6) is 28.7 Å². The maximum absolute atomic E-state index is 13.6. The molecule has 43 heteroatoms. The Balaban J connectivity index is 0.000000181. The third kappa shape index (κ3) is 24.5. The van der Waals surface area contributed by atoms with Gasteiger partial charge in [-0.25, -0.2) is 23.1 Å². The lowest BCUT2D eigenvalue weighted by Gasteiger charge is -2.38. The van der Waals surface area contributed by atoms with E-state index >= 15 is 0 Å². The largest absolute Gasteiger partial charge is 0.493 e. The van der Waals surface area contributed by atoms with Gasteiger partial charge in [0.1, 0.15) is 156 Å². The van der Waals surface area contributed by atoms with Gasteiger partial charge in [-0.15, -0.1) is 20.4 Å². The average molecular weight is 1780 g/mol. The summed E-state index contributed by atoms with van der Waals surface area (Å²) in [5, 5.41) is 132. The zero-order chi connectivity index (χ0) is 82.2. The lowest BCUT2D eigenvalue weighted by Crippen LogP contribution is -2.59. The van der Waals surface area contributed by atoms with Gasteiger partial charge >= 0.3 is 0 Å². The topological polar surface area (TPSA) is 465 Å². The van der Waals surface area contributed by atoms with E-state index in [9.17, 15) is 45.2 Å². The molecular formula is C78H110ClFN20O17S4. The van der Waals surface area contributed by atoms with Crippen LogP contribution >= 0.6 is 58.6 Å². The molecule has 16 rings (SSSR count). The summed E-state index contributed by atoms with van der Waals surface area (Å²) in [6.45, 7) is 14.0. The first kappa shape index (κ1) is 96.3. The molecule has 8 fully saturated rings. The molecule has 4 aromatic heterocycles. The van der Waals surface area contributed by atoms with Crippen LogP contribution in [-0.2, 0) is 71.6 Å². The molecule has 20 atom stereocenters. The summed E-state index contributed by atoms with van der Waals surface area (Å²) in [5.74, 6) is 2.32. The average Bonchev–Trinajstić information content (AvgIpc) is 1.67. The number of amidine groups is 4. The van der Waals surface area contributed by atoms with Gasteiger partial charge in [0.05, 0.1) is 87.3 Å². The number of fused-ring (bicyclic) bond motifs is 4. The van der Waals surface area contributed by atoms with E-state index in [0.717, 1.165) is 21.6 Å². The van der Waals surface area contributed by atoms with Crippen molar-refractivity contribution >= 4 is 79.3 Å². The summed E-state index contributed by atoms with van der Waals surface area (Å²) in [6.07, 6.45) is -3.81. The van der Waals surface area contributed by atoms with Crippen molar-refractivity contribution in [2.75, 3.05) is 33.3 Å². The fraction of sp³-hybridized carbons (Fsp3) is 0.538. The molecule has 0 radical (unpaired) electrons. The smallest absolute Gasteiger partial charge is 0.165 e. The number of aryl methyl sites for hydroxylation is 1. The molecule has 12 heterocycles. The molecule has 37 nitrogen and oxygen atoms in total. The minimum atomic E-state index is -1.09. The quantitative estimate of drug-likeness (QED) is 0.0350. The number of aliphatic imine (C=N–C) groups is 4. The molecule has 4 aromatic carbocycles. The Morgan fingerprint density at radius 2 is 0.661 bits per heavy atom. The Labute approximate surface area is 723 Å². The number of aromatic nitrogens is 12. The number of hydrogen-bond acceptors (Lipinski definition) is 33. The summed E-state index contributed by atoms with van der Waals surface area (Å²) in [5.41, 5.74) is 2.16. The number of ether oxygens (including phenoxy) is 9. The van der Waals surface area contributed by atoms with Gasteiger partial charge in [0.25, 0.3) is 0 Å². The van der Waals surface area contributed by atoms with E-state index < -0.39 is 97.2 Å². The number of halogens is 2. The number of nitrogens with one attached hydrogen (secondary N) is 4. The van der Waals surface area contributed by atoms with E-state index in [0.29, 0.717) is 88.2 Å². The zero-order valence-corrected chi connectivity index (χ0v) is 68.4. The first-order valence-corrected chi connectivity index (χ1v) is 41.8. The van der Waals surface area contributed by atoms with Gasteiger partial charge in [0.2, 0.25) is 0 Å². The fourth-order valence-corrected chi connectivity index (χ4v) is 18.3. The highest BCUT2D eigenvalue weighted by atomic mass is 35.5. The number of thioether (sulfide) groups is 4. The number of rotatable bonds is 25. The van der Waals surface area contributed by atoms with Gasteiger partial charge < -0.3 is 105 Å². The van der Waals surface area contributed by atoms with Crippen LogP contribution in [0.25, 0.3) is 0 Å². The monoisotopic (exact) mass is 1780 g/mol. The second-order valence-electron chi connectivity index (χ2n) is 27.5. The van der Waals surface area contributed by atoms with Crippen molar-refractivity contribution in [3.63, 3.8) is 0 Å². The van der Waals surface area contributed by atoms with Crippen molar-refractivity contribution in [3.05, 3.63) is 161 Å². The van der Waals surface area contributed by atoms with Crippen molar-refractivity contribution in [2.24, 2.45) is 20.0 Å². The molecule has 8 aliphatic rings. The van der Waals surface area contributed by atoms with E-state index in [1.54, 1.807) is 70.2 Å². The highest BCUT2D eigenvalue weighted by Crippen LogP contribution is 2.39. The molecule has 121 heavy (non-hydrogen) atoms. The molecule has 12 N–H and O–H groups in total. The molecule has 0 aliphatic carbocycles. The van der Waals surface area contributed by atoms with E-state index in [4.69, 9.17) is 54.2 Å². The van der Waals surface area contributed by atoms with Gasteiger partial charge in [-0.1, -0.05) is 164 Å². The van der Waals surface area contributed by atoms with Gasteiger partial charge in [-0.3, -0.25) is 20.0 Å². The summed E-state index contributed by atoms with van der Waals surface area (Å²) < 4.78 is 71.8. The lowest BCUT2D eigenvalue weighted by molar-refractivity contribution is -0.160. The molecule has 0 saturated carbocycles. The van der Waals surface area contributed by atoms with E-state index in [1.807, 2.05) is 95.3 Å². The molecule has 8 saturated heterocycles. The Morgan fingerprint density at radius 1 is 0.388 bits per heavy atom. The second-order valence-corrected chi connectivity index (χ2v) is 32.3. The highest BCUT2D eigenvalue weighted by molar-refractivity contribution is 8.15. The van der Waals surface area contributed by atoms with Gasteiger partial charge in [-0.2, -0.15) is 0 Å². The van der Waals surface area contributed by atoms with E-state index in [-0.39, 0.29) is 109 Å². The third-order valence-electron chi connectivity index (χ3n) is 19.2. The Hall–Kier alpha value is -8.54. The first-order chi connectivity index (χ1) is 56.7.